The molecule has 0 aliphatic carbocycles. The van der Waals surface area contributed by atoms with E-state index < -0.39 is 7.12 Å². The third-order valence-electron chi connectivity index (χ3n) is 1.18. The molecular weight excluding hydrogens is 119 g/mol. The highest BCUT2D eigenvalue weighted by atomic mass is 17.1. The van der Waals surface area contributed by atoms with Gasteiger partial charge in [0.2, 0.25) is 0 Å². The summed E-state index contributed by atoms with van der Waals surface area (Å²) >= 11 is 0. The van der Waals surface area contributed by atoms with Crippen LogP contribution in [-0.4, -0.2) is 17.4 Å². The third-order valence-corrected chi connectivity index (χ3v) is 1.18. The van der Waals surface area contributed by atoms with Crippen LogP contribution in [0.4, 0.5) is 0 Å². The van der Waals surface area contributed by atoms with Crippen molar-refractivity contribution in [2.45, 2.75) is 32.5 Å². The van der Waals surface area contributed by atoms with Crippen molar-refractivity contribution in [1.29, 1.82) is 0 Å². The molecule has 0 spiro atoms. The van der Waals surface area contributed by atoms with E-state index in [4.69, 9.17) is 10.3 Å². The third kappa shape index (κ3) is 5.82. The molecule has 0 unspecified atom stereocenters. The van der Waals surface area contributed by atoms with Gasteiger partial charge in [0, 0.05) is 0 Å². The standard InChI is InChI=1S/C5H13BO3/c1-2-3-4-5-6(7)9-8/h7-8H,2-5H2,1H3. The monoisotopic (exact) mass is 132 g/mol. The van der Waals surface area contributed by atoms with Gasteiger partial charge in [-0.05, 0) is 6.32 Å². The molecule has 0 rings (SSSR count). The molecule has 54 valence electrons. The maximum atomic E-state index is 8.61. The lowest BCUT2D eigenvalue weighted by molar-refractivity contribution is -0.157. The molecule has 0 atom stereocenters. The first-order valence-electron chi connectivity index (χ1n) is 3.29. The average Bonchev–Trinajstić information content (AvgIpc) is 1.89. The van der Waals surface area contributed by atoms with Gasteiger partial charge in [0.15, 0.2) is 0 Å². The van der Waals surface area contributed by atoms with Gasteiger partial charge < -0.3 is 5.02 Å². The second kappa shape index (κ2) is 6.07. The van der Waals surface area contributed by atoms with Crippen LogP contribution in [0.1, 0.15) is 26.2 Å². The maximum Gasteiger partial charge on any atom is 0.487 e. The molecule has 4 heteroatoms. The molecule has 0 bridgehead atoms. The minimum Gasteiger partial charge on any atom is -0.425 e. The fourth-order valence-corrected chi connectivity index (χ4v) is 0.622. The van der Waals surface area contributed by atoms with Gasteiger partial charge in [-0.1, -0.05) is 26.2 Å². The van der Waals surface area contributed by atoms with Gasteiger partial charge >= 0.3 is 7.12 Å². The predicted molar refractivity (Wildman–Crippen MR) is 36.0 cm³/mol. The second-order valence-corrected chi connectivity index (χ2v) is 2.06. The summed E-state index contributed by atoms with van der Waals surface area (Å²) in [5.41, 5.74) is 0. The molecule has 0 aromatic carbocycles. The smallest absolute Gasteiger partial charge is 0.425 e. The Morgan fingerprint density at radius 2 is 2.11 bits per heavy atom. The molecule has 0 saturated carbocycles. The first-order valence-corrected chi connectivity index (χ1v) is 3.29. The highest BCUT2D eigenvalue weighted by molar-refractivity contribution is 6.42. The van der Waals surface area contributed by atoms with E-state index >= 15 is 0 Å². The van der Waals surface area contributed by atoms with Crippen molar-refractivity contribution >= 4 is 7.12 Å². The highest BCUT2D eigenvalue weighted by Crippen LogP contribution is 2.01. The zero-order valence-electron chi connectivity index (χ0n) is 5.71. The SMILES string of the molecule is CCCCCB(O)OO. The largest absolute Gasteiger partial charge is 0.487 e. The van der Waals surface area contributed by atoms with Crippen molar-refractivity contribution in [2.24, 2.45) is 0 Å². The van der Waals surface area contributed by atoms with E-state index in [0.717, 1.165) is 19.3 Å². The number of hydrogen-bond donors (Lipinski definition) is 2. The molecule has 0 saturated heterocycles. The molecule has 0 aliphatic rings. The molecule has 0 heterocycles. The first kappa shape index (κ1) is 8.94. The van der Waals surface area contributed by atoms with Gasteiger partial charge in [0.05, 0.1) is 0 Å². The molecular formula is C5H13BO3. The van der Waals surface area contributed by atoms with E-state index in [0.29, 0.717) is 6.32 Å². The zero-order chi connectivity index (χ0) is 7.11. The fourth-order valence-electron chi connectivity index (χ4n) is 0.622. The Labute approximate surface area is 55.7 Å². The van der Waals surface area contributed by atoms with E-state index in [2.05, 4.69) is 11.7 Å². The Hall–Kier alpha value is -0.0551. The van der Waals surface area contributed by atoms with Crippen LogP contribution >= 0.6 is 0 Å². The van der Waals surface area contributed by atoms with E-state index in [9.17, 15) is 0 Å². The van der Waals surface area contributed by atoms with Gasteiger partial charge in [-0.2, -0.15) is 0 Å². The summed E-state index contributed by atoms with van der Waals surface area (Å²) in [6.07, 6.45) is 3.60. The zero-order valence-corrected chi connectivity index (χ0v) is 5.71. The minimum absolute atomic E-state index is 0.518. The Morgan fingerprint density at radius 3 is 2.56 bits per heavy atom. The van der Waals surface area contributed by atoms with Crippen molar-refractivity contribution in [3.63, 3.8) is 0 Å². The van der Waals surface area contributed by atoms with Crippen LogP contribution in [0.15, 0.2) is 0 Å². The summed E-state index contributed by atoms with van der Waals surface area (Å²) in [6.45, 7) is 2.08. The second-order valence-electron chi connectivity index (χ2n) is 2.06. The van der Waals surface area contributed by atoms with Crippen LogP contribution in [-0.2, 0) is 4.81 Å². The van der Waals surface area contributed by atoms with Gasteiger partial charge in [0.1, 0.15) is 0 Å². The summed E-state index contributed by atoms with van der Waals surface area (Å²) in [5.74, 6) is 0. The van der Waals surface area contributed by atoms with E-state index in [1.807, 2.05) is 0 Å². The van der Waals surface area contributed by atoms with Crippen molar-refractivity contribution in [2.75, 3.05) is 0 Å². The van der Waals surface area contributed by atoms with Gasteiger partial charge in [-0.15, -0.1) is 0 Å². The summed E-state index contributed by atoms with van der Waals surface area (Å²) < 4.78 is 0. The Balaban J connectivity index is 2.88. The molecule has 0 aromatic rings. The number of rotatable bonds is 5. The predicted octanol–water partition coefficient (Wildman–Crippen LogP) is 1.15. The Kier molecular flexibility index (Phi) is 6.03. The average molecular weight is 132 g/mol. The van der Waals surface area contributed by atoms with Crippen molar-refractivity contribution in [1.82, 2.24) is 0 Å². The topological polar surface area (TPSA) is 49.7 Å². The first-order chi connectivity index (χ1) is 4.31. The van der Waals surface area contributed by atoms with Crippen LogP contribution in [0.25, 0.3) is 0 Å². The maximum absolute atomic E-state index is 8.61. The highest BCUT2D eigenvalue weighted by Gasteiger charge is 2.10. The van der Waals surface area contributed by atoms with Crippen molar-refractivity contribution in [3.05, 3.63) is 0 Å². The van der Waals surface area contributed by atoms with Crippen molar-refractivity contribution in [3.8, 4) is 0 Å². The minimum atomic E-state index is -0.989. The molecule has 3 nitrogen and oxygen atoms in total. The van der Waals surface area contributed by atoms with E-state index in [1.54, 1.807) is 0 Å². The quantitative estimate of drug-likeness (QED) is 0.255. The lowest BCUT2D eigenvalue weighted by Crippen LogP contribution is -2.14. The summed E-state index contributed by atoms with van der Waals surface area (Å²) in [7, 11) is -0.989. The normalized spacial score (nSPS) is 9.67. The van der Waals surface area contributed by atoms with Crippen molar-refractivity contribution < 1.29 is 15.1 Å². The lowest BCUT2D eigenvalue weighted by atomic mass is 9.83. The summed E-state index contributed by atoms with van der Waals surface area (Å²) in [6, 6.07) is 0. The Bertz CT molecular complexity index is 60.2. The summed E-state index contributed by atoms with van der Waals surface area (Å²) in [5, 5.41) is 16.5. The van der Waals surface area contributed by atoms with Gasteiger partial charge in [-0.3, -0.25) is 10.1 Å². The number of hydrogen-bond acceptors (Lipinski definition) is 3. The van der Waals surface area contributed by atoms with Crippen LogP contribution in [0.2, 0.25) is 6.32 Å². The molecule has 9 heavy (non-hydrogen) atoms. The molecule has 0 aliphatic heterocycles. The van der Waals surface area contributed by atoms with E-state index in [1.165, 1.54) is 0 Å². The summed E-state index contributed by atoms with van der Waals surface area (Å²) in [4.78, 5) is 3.65. The molecule has 0 amide bonds. The molecule has 0 aromatic heterocycles. The molecule has 2 N–H and O–H groups in total. The Morgan fingerprint density at radius 1 is 1.44 bits per heavy atom. The van der Waals surface area contributed by atoms with Crippen LogP contribution in [0.3, 0.4) is 0 Å². The van der Waals surface area contributed by atoms with Gasteiger partial charge in [0.25, 0.3) is 0 Å². The lowest BCUT2D eigenvalue weighted by Gasteiger charge is -1.98. The molecule has 0 radical (unpaired) electrons. The van der Waals surface area contributed by atoms with E-state index in [-0.39, 0.29) is 0 Å². The van der Waals surface area contributed by atoms with Gasteiger partial charge in [-0.25, -0.2) is 0 Å². The van der Waals surface area contributed by atoms with Crippen LogP contribution in [0.5, 0.6) is 0 Å². The number of unbranched alkanes of at least 4 members (excludes halogenated alkanes) is 2. The molecule has 0 fully saturated rings. The van der Waals surface area contributed by atoms with Crippen LogP contribution in [0, 0.1) is 0 Å². The fraction of sp³-hybridized carbons (Fsp3) is 1.00. The van der Waals surface area contributed by atoms with Crippen LogP contribution < -0.4 is 0 Å².